The van der Waals surface area contributed by atoms with Crippen molar-refractivity contribution in [2.45, 2.75) is 18.9 Å². The second-order valence-electron chi connectivity index (χ2n) is 6.71. The number of halogens is 1. The Morgan fingerprint density at radius 2 is 2.00 bits per heavy atom. The number of hydrogen-bond acceptors (Lipinski definition) is 5. The Morgan fingerprint density at radius 3 is 2.67 bits per heavy atom. The van der Waals surface area contributed by atoms with Crippen LogP contribution >= 0.6 is 11.5 Å². The van der Waals surface area contributed by atoms with Crippen molar-refractivity contribution in [2.75, 3.05) is 18.0 Å². The van der Waals surface area contributed by atoms with E-state index < -0.39 is 5.82 Å². The van der Waals surface area contributed by atoms with Gasteiger partial charge in [0.2, 0.25) is 0 Å². The van der Waals surface area contributed by atoms with Gasteiger partial charge in [0.25, 0.3) is 0 Å². The zero-order chi connectivity index (χ0) is 18.8. The second-order valence-corrected chi connectivity index (χ2v) is 7.54. The first-order valence-corrected chi connectivity index (χ1v) is 9.69. The smallest absolute Gasteiger partial charge is 0.141 e. The zero-order valence-electron chi connectivity index (χ0n) is 14.7. The first-order valence-electron chi connectivity index (χ1n) is 8.92. The van der Waals surface area contributed by atoms with Crippen molar-refractivity contribution >= 4 is 17.2 Å². The monoisotopic (exact) mass is 378 g/mol. The highest BCUT2D eigenvalue weighted by atomic mass is 32.1. The van der Waals surface area contributed by atoms with Crippen LogP contribution in [-0.4, -0.2) is 23.5 Å². The van der Waals surface area contributed by atoms with Gasteiger partial charge in [0, 0.05) is 36.6 Å². The number of nitrogens with zero attached hydrogens (tertiary/aromatic N) is 3. The number of aromatic nitrogens is 1. The number of nitriles is 1. The first kappa shape index (κ1) is 17.7. The lowest BCUT2D eigenvalue weighted by molar-refractivity contribution is 0.501. The largest absolute Gasteiger partial charge is 0.371 e. The highest BCUT2D eigenvalue weighted by Gasteiger charge is 2.22. The molecule has 0 saturated carbocycles. The standard InChI is InChI=1S/C21H19FN4S/c22-18-12-14(4-5-15(18)13-23)17-2-1-3-19(21(17)20-6-9-25-27-20)26-10-7-16(24)8-11-26/h1-6,9,12,16H,7-8,10-11,24H2. The number of benzene rings is 2. The highest BCUT2D eigenvalue weighted by Crippen LogP contribution is 2.42. The maximum absolute atomic E-state index is 14.3. The molecule has 1 aliphatic rings. The van der Waals surface area contributed by atoms with Crippen LogP contribution in [0.5, 0.6) is 0 Å². The molecule has 4 rings (SSSR count). The summed E-state index contributed by atoms with van der Waals surface area (Å²) < 4.78 is 18.5. The Morgan fingerprint density at radius 1 is 1.19 bits per heavy atom. The van der Waals surface area contributed by atoms with Crippen LogP contribution in [0, 0.1) is 17.1 Å². The van der Waals surface area contributed by atoms with Gasteiger partial charge in [-0.05, 0) is 59.8 Å². The summed E-state index contributed by atoms with van der Waals surface area (Å²) in [5.41, 5.74) is 9.99. The van der Waals surface area contributed by atoms with Gasteiger partial charge in [-0.25, -0.2) is 8.76 Å². The zero-order valence-corrected chi connectivity index (χ0v) is 15.5. The van der Waals surface area contributed by atoms with Crippen LogP contribution in [0.4, 0.5) is 10.1 Å². The third-order valence-corrected chi connectivity index (χ3v) is 5.77. The van der Waals surface area contributed by atoms with Crippen molar-refractivity contribution in [1.29, 1.82) is 5.26 Å². The maximum Gasteiger partial charge on any atom is 0.141 e. The predicted octanol–water partition coefficient (Wildman–Crippen LogP) is 4.42. The molecule has 2 aromatic carbocycles. The number of anilines is 1. The molecule has 0 atom stereocenters. The molecule has 2 N–H and O–H groups in total. The van der Waals surface area contributed by atoms with E-state index in [2.05, 4.69) is 15.3 Å². The van der Waals surface area contributed by atoms with Crippen molar-refractivity contribution in [3.63, 3.8) is 0 Å². The number of nitrogens with two attached hydrogens (primary N) is 1. The maximum atomic E-state index is 14.3. The molecule has 2 heterocycles. The van der Waals surface area contributed by atoms with Crippen LogP contribution in [0.25, 0.3) is 21.6 Å². The summed E-state index contributed by atoms with van der Waals surface area (Å²) in [5, 5.41) is 9.01. The van der Waals surface area contributed by atoms with E-state index in [0.29, 0.717) is 0 Å². The second kappa shape index (κ2) is 7.47. The molecule has 0 aliphatic carbocycles. The van der Waals surface area contributed by atoms with Crippen LogP contribution in [0.1, 0.15) is 18.4 Å². The molecule has 4 nitrogen and oxygen atoms in total. The first-order chi connectivity index (χ1) is 13.2. The Labute approximate surface area is 161 Å². The lowest BCUT2D eigenvalue weighted by atomic mass is 9.94. The van der Waals surface area contributed by atoms with Crippen molar-refractivity contribution in [3.05, 3.63) is 60.0 Å². The van der Waals surface area contributed by atoms with Crippen LogP contribution in [0.15, 0.2) is 48.7 Å². The van der Waals surface area contributed by atoms with E-state index in [1.165, 1.54) is 23.7 Å². The summed E-state index contributed by atoms with van der Waals surface area (Å²) in [6.07, 6.45) is 3.70. The third kappa shape index (κ3) is 3.44. The molecule has 136 valence electrons. The average Bonchev–Trinajstić information content (AvgIpc) is 3.22. The Hall–Kier alpha value is -2.75. The Kier molecular flexibility index (Phi) is 4.88. The van der Waals surface area contributed by atoms with Gasteiger partial charge in [-0.2, -0.15) is 5.26 Å². The molecule has 27 heavy (non-hydrogen) atoms. The molecule has 1 fully saturated rings. The fraction of sp³-hybridized carbons (Fsp3) is 0.238. The topological polar surface area (TPSA) is 65.9 Å². The number of rotatable bonds is 3. The predicted molar refractivity (Wildman–Crippen MR) is 107 cm³/mol. The molecule has 0 spiro atoms. The van der Waals surface area contributed by atoms with Gasteiger partial charge in [-0.1, -0.05) is 18.2 Å². The summed E-state index contributed by atoms with van der Waals surface area (Å²) in [7, 11) is 0. The van der Waals surface area contributed by atoms with E-state index >= 15 is 0 Å². The minimum Gasteiger partial charge on any atom is -0.371 e. The van der Waals surface area contributed by atoms with Gasteiger partial charge in [-0.15, -0.1) is 0 Å². The molecular formula is C21H19FN4S. The van der Waals surface area contributed by atoms with Crippen LogP contribution in [0.2, 0.25) is 0 Å². The highest BCUT2D eigenvalue weighted by molar-refractivity contribution is 7.09. The molecule has 0 unspecified atom stereocenters. The molecule has 1 aromatic heterocycles. The normalized spacial score (nSPS) is 14.9. The molecule has 0 radical (unpaired) electrons. The van der Waals surface area contributed by atoms with Crippen molar-refractivity contribution in [1.82, 2.24) is 4.37 Å². The fourth-order valence-corrected chi connectivity index (χ4v) is 4.22. The van der Waals surface area contributed by atoms with Crippen molar-refractivity contribution < 1.29 is 4.39 Å². The van der Waals surface area contributed by atoms with E-state index in [9.17, 15) is 4.39 Å². The Balaban J connectivity index is 1.86. The third-order valence-electron chi connectivity index (χ3n) is 5.01. The van der Waals surface area contributed by atoms with E-state index in [-0.39, 0.29) is 11.6 Å². The van der Waals surface area contributed by atoms with Gasteiger partial charge in [0.05, 0.1) is 10.4 Å². The van der Waals surface area contributed by atoms with E-state index in [4.69, 9.17) is 11.0 Å². The minimum atomic E-state index is -0.500. The van der Waals surface area contributed by atoms with Crippen LogP contribution in [-0.2, 0) is 0 Å². The molecule has 0 amide bonds. The van der Waals surface area contributed by atoms with Crippen molar-refractivity contribution in [2.24, 2.45) is 5.73 Å². The van der Waals surface area contributed by atoms with Gasteiger partial charge < -0.3 is 10.6 Å². The van der Waals surface area contributed by atoms with Gasteiger partial charge in [-0.3, -0.25) is 0 Å². The van der Waals surface area contributed by atoms with Crippen LogP contribution in [0.3, 0.4) is 0 Å². The lowest BCUT2D eigenvalue weighted by Gasteiger charge is -2.34. The average molecular weight is 378 g/mol. The fourth-order valence-electron chi connectivity index (χ4n) is 3.56. The van der Waals surface area contributed by atoms with Gasteiger partial charge in [0.1, 0.15) is 11.9 Å². The molecule has 3 aromatic rings. The molecule has 1 saturated heterocycles. The molecule has 6 heteroatoms. The van der Waals surface area contributed by atoms with Crippen LogP contribution < -0.4 is 10.6 Å². The SMILES string of the molecule is N#Cc1ccc(-c2cccc(N3CCC(N)CC3)c2-c2ccns2)cc1F. The summed E-state index contributed by atoms with van der Waals surface area (Å²) in [5.74, 6) is -0.500. The number of piperidine rings is 1. The van der Waals surface area contributed by atoms with Gasteiger partial charge >= 0.3 is 0 Å². The van der Waals surface area contributed by atoms with E-state index in [1.54, 1.807) is 12.3 Å². The lowest BCUT2D eigenvalue weighted by Crippen LogP contribution is -2.39. The Bertz CT molecular complexity index is 986. The summed E-state index contributed by atoms with van der Waals surface area (Å²) >= 11 is 1.43. The van der Waals surface area contributed by atoms with E-state index in [1.807, 2.05) is 24.3 Å². The molecule has 1 aliphatic heterocycles. The quantitative estimate of drug-likeness (QED) is 0.733. The minimum absolute atomic E-state index is 0.0549. The summed E-state index contributed by atoms with van der Waals surface area (Å²) in [4.78, 5) is 3.39. The van der Waals surface area contributed by atoms with Gasteiger partial charge in [0.15, 0.2) is 0 Å². The summed E-state index contributed by atoms with van der Waals surface area (Å²) in [6.45, 7) is 1.80. The summed E-state index contributed by atoms with van der Waals surface area (Å²) in [6, 6.07) is 15.0. The number of hydrogen-bond donors (Lipinski definition) is 1. The van der Waals surface area contributed by atoms with Crippen molar-refractivity contribution in [3.8, 4) is 27.6 Å². The molecule has 0 bridgehead atoms. The van der Waals surface area contributed by atoms with E-state index in [0.717, 1.165) is 53.2 Å². The molecular weight excluding hydrogens is 359 g/mol.